The van der Waals surface area contributed by atoms with Crippen LogP contribution in [0.25, 0.3) is 10.8 Å². The SMILES string of the molecule is c1ccc(C2Nc3ccc4ccccc4c3C(c3ccccc3)N2)cc1. The smallest absolute Gasteiger partial charge is 0.104 e. The Labute approximate surface area is 153 Å². The summed E-state index contributed by atoms with van der Waals surface area (Å²) in [6.45, 7) is 0. The zero-order valence-electron chi connectivity index (χ0n) is 14.4. The van der Waals surface area contributed by atoms with Crippen molar-refractivity contribution in [1.82, 2.24) is 5.32 Å². The Morgan fingerprint density at radius 3 is 2.00 bits per heavy atom. The lowest BCUT2D eigenvalue weighted by molar-refractivity contribution is 0.509. The molecule has 1 aliphatic heterocycles. The zero-order valence-corrected chi connectivity index (χ0v) is 14.4. The van der Waals surface area contributed by atoms with E-state index in [9.17, 15) is 0 Å². The summed E-state index contributed by atoms with van der Waals surface area (Å²) < 4.78 is 0. The van der Waals surface area contributed by atoms with Crippen molar-refractivity contribution in [1.29, 1.82) is 0 Å². The Kier molecular flexibility index (Phi) is 3.69. The molecule has 2 unspecified atom stereocenters. The zero-order chi connectivity index (χ0) is 17.3. The lowest BCUT2D eigenvalue weighted by Gasteiger charge is -2.36. The molecule has 1 aliphatic rings. The van der Waals surface area contributed by atoms with Gasteiger partial charge >= 0.3 is 0 Å². The number of anilines is 1. The summed E-state index contributed by atoms with van der Waals surface area (Å²) in [4.78, 5) is 0. The average Bonchev–Trinajstić information content (AvgIpc) is 2.74. The van der Waals surface area contributed by atoms with E-state index in [1.807, 2.05) is 0 Å². The summed E-state index contributed by atoms with van der Waals surface area (Å²) >= 11 is 0. The minimum absolute atomic E-state index is 0.0788. The molecule has 4 aromatic rings. The first-order chi connectivity index (χ1) is 12.9. The third-order valence-electron chi connectivity index (χ3n) is 5.16. The van der Waals surface area contributed by atoms with Crippen molar-refractivity contribution < 1.29 is 0 Å². The Bertz CT molecular complexity index is 1040. The molecule has 0 radical (unpaired) electrons. The first kappa shape index (κ1) is 15.2. The summed E-state index contributed by atoms with van der Waals surface area (Å²) in [7, 11) is 0. The highest BCUT2D eigenvalue weighted by Gasteiger charge is 2.29. The normalized spacial score (nSPS) is 18.9. The Morgan fingerprint density at radius 1 is 0.577 bits per heavy atom. The molecule has 26 heavy (non-hydrogen) atoms. The topological polar surface area (TPSA) is 24.1 Å². The molecule has 0 aromatic heterocycles. The number of hydrogen-bond acceptors (Lipinski definition) is 2. The van der Waals surface area contributed by atoms with Crippen LogP contribution < -0.4 is 10.6 Å². The van der Waals surface area contributed by atoms with Gasteiger partial charge in [-0.05, 0) is 28.0 Å². The molecule has 0 saturated heterocycles. The quantitative estimate of drug-likeness (QED) is 0.495. The van der Waals surface area contributed by atoms with Crippen molar-refractivity contribution in [2.75, 3.05) is 5.32 Å². The maximum atomic E-state index is 3.82. The van der Waals surface area contributed by atoms with Gasteiger partial charge in [-0.3, -0.25) is 5.32 Å². The molecular weight excluding hydrogens is 316 g/mol. The standard InChI is InChI=1S/C24H20N2/c1-3-10-18(11-4-1)23-22-20-14-8-7-9-17(20)15-16-21(22)25-24(26-23)19-12-5-2-6-13-19/h1-16,23-26H. The summed E-state index contributed by atoms with van der Waals surface area (Å²) in [6.07, 6.45) is 0.0788. The molecule has 0 saturated carbocycles. The van der Waals surface area contributed by atoms with Gasteiger partial charge in [0, 0.05) is 11.3 Å². The number of benzene rings is 4. The fourth-order valence-corrected chi connectivity index (χ4v) is 3.91. The van der Waals surface area contributed by atoms with Crippen LogP contribution in [0.5, 0.6) is 0 Å². The second-order valence-corrected chi connectivity index (χ2v) is 6.75. The molecule has 5 rings (SSSR count). The molecule has 2 N–H and O–H groups in total. The third-order valence-corrected chi connectivity index (χ3v) is 5.16. The molecule has 0 fully saturated rings. The van der Waals surface area contributed by atoms with E-state index in [1.54, 1.807) is 0 Å². The summed E-state index contributed by atoms with van der Waals surface area (Å²) in [5.74, 6) is 0. The highest BCUT2D eigenvalue weighted by Crippen LogP contribution is 2.40. The monoisotopic (exact) mass is 336 g/mol. The van der Waals surface area contributed by atoms with Gasteiger partial charge in [-0.15, -0.1) is 0 Å². The molecule has 0 amide bonds. The van der Waals surface area contributed by atoms with E-state index in [0.717, 1.165) is 0 Å². The number of fused-ring (bicyclic) bond motifs is 3. The minimum atomic E-state index is 0.0788. The van der Waals surface area contributed by atoms with Gasteiger partial charge in [0.1, 0.15) is 6.17 Å². The van der Waals surface area contributed by atoms with Gasteiger partial charge in [-0.25, -0.2) is 0 Å². The van der Waals surface area contributed by atoms with Crippen molar-refractivity contribution in [2.45, 2.75) is 12.2 Å². The lowest BCUT2D eigenvalue weighted by atomic mass is 9.89. The van der Waals surface area contributed by atoms with Gasteiger partial charge < -0.3 is 5.32 Å². The van der Waals surface area contributed by atoms with Gasteiger partial charge in [0.05, 0.1) is 6.04 Å². The maximum Gasteiger partial charge on any atom is 0.104 e. The fourth-order valence-electron chi connectivity index (χ4n) is 3.91. The summed E-state index contributed by atoms with van der Waals surface area (Å²) in [6, 6.07) is 34.5. The van der Waals surface area contributed by atoms with Crippen molar-refractivity contribution >= 4 is 16.5 Å². The van der Waals surface area contributed by atoms with Crippen LogP contribution in [0, 0.1) is 0 Å². The van der Waals surface area contributed by atoms with E-state index in [-0.39, 0.29) is 12.2 Å². The van der Waals surface area contributed by atoms with Gasteiger partial charge in [0.2, 0.25) is 0 Å². The van der Waals surface area contributed by atoms with E-state index in [2.05, 4.69) is 108 Å². The van der Waals surface area contributed by atoms with Crippen molar-refractivity contribution in [2.24, 2.45) is 0 Å². The van der Waals surface area contributed by atoms with Crippen LogP contribution in [0.4, 0.5) is 5.69 Å². The van der Waals surface area contributed by atoms with Crippen LogP contribution in [0.2, 0.25) is 0 Å². The van der Waals surface area contributed by atoms with Gasteiger partial charge in [0.15, 0.2) is 0 Å². The number of hydrogen-bond donors (Lipinski definition) is 2. The Morgan fingerprint density at radius 2 is 1.23 bits per heavy atom. The maximum absolute atomic E-state index is 3.82. The second kappa shape index (κ2) is 6.32. The molecule has 2 nitrogen and oxygen atoms in total. The molecule has 2 atom stereocenters. The molecule has 126 valence electrons. The predicted molar refractivity (Wildman–Crippen MR) is 108 cm³/mol. The van der Waals surface area contributed by atoms with Crippen molar-refractivity contribution in [3.8, 4) is 0 Å². The highest BCUT2D eigenvalue weighted by molar-refractivity contribution is 5.91. The van der Waals surface area contributed by atoms with E-state index >= 15 is 0 Å². The third kappa shape index (κ3) is 2.56. The fraction of sp³-hybridized carbons (Fsp3) is 0.0833. The molecular formula is C24H20N2. The first-order valence-corrected chi connectivity index (χ1v) is 9.04. The molecule has 0 bridgehead atoms. The van der Waals surface area contributed by atoms with Crippen molar-refractivity contribution in [3.63, 3.8) is 0 Å². The molecule has 0 aliphatic carbocycles. The van der Waals surface area contributed by atoms with Crippen LogP contribution in [0.1, 0.15) is 28.9 Å². The number of nitrogens with one attached hydrogen (secondary N) is 2. The molecule has 0 spiro atoms. The van der Waals surface area contributed by atoms with Gasteiger partial charge in [0.25, 0.3) is 0 Å². The summed E-state index contributed by atoms with van der Waals surface area (Å²) in [5.41, 5.74) is 5.05. The number of rotatable bonds is 2. The van der Waals surface area contributed by atoms with Gasteiger partial charge in [-0.2, -0.15) is 0 Å². The molecule has 4 aromatic carbocycles. The van der Waals surface area contributed by atoms with E-state index in [0.29, 0.717) is 0 Å². The van der Waals surface area contributed by atoms with Gasteiger partial charge in [-0.1, -0.05) is 91.0 Å². The molecule has 2 heteroatoms. The van der Waals surface area contributed by atoms with Crippen LogP contribution >= 0.6 is 0 Å². The summed E-state index contributed by atoms with van der Waals surface area (Å²) in [5, 5.41) is 10.1. The first-order valence-electron chi connectivity index (χ1n) is 9.04. The Balaban J connectivity index is 1.70. The largest absolute Gasteiger partial charge is 0.366 e. The highest BCUT2D eigenvalue weighted by atomic mass is 15.2. The van der Waals surface area contributed by atoms with Crippen LogP contribution in [0.15, 0.2) is 97.1 Å². The van der Waals surface area contributed by atoms with Crippen LogP contribution in [-0.2, 0) is 0 Å². The van der Waals surface area contributed by atoms with Crippen molar-refractivity contribution in [3.05, 3.63) is 114 Å². The van der Waals surface area contributed by atoms with Crippen LogP contribution in [0.3, 0.4) is 0 Å². The average molecular weight is 336 g/mol. The van der Waals surface area contributed by atoms with E-state index in [1.165, 1.54) is 33.2 Å². The molecule has 1 heterocycles. The van der Waals surface area contributed by atoms with Crippen LogP contribution in [-0.4, -0.2) is 0 Å². The Hall–Kier alpha value is -3.10. The van der Waals surface area contributed by atoms with E-state index in [4.69, 9.17) is 0 Å². The minimum Gasteiger partial charge on any atom is -0.366 e. The van der Waals surface area contributed by atoms with E-state index < -0.39 is 0 Å². The second-order valence-electron chi connectivity index (χ2n) is 6.75. The lowest BCUT2D eigenvalue weighted by Crippen LogP contribution is -2.37. The predicted octanol–water partition coefficient (Wildman–Crippen LogP) is 5.64.